The second-order valence-electron chi connectivity index (χ2n) is 6.34. The molecule has 0 saturated carbocycles. The number of benzene rings is 2. The molecule has 0 bridgehead atoms. The molecule has 5 heteroatoms. The van der Waals surface area contributed by atoms with Gasteiger partial charge in [0.2, 0.25) is 11.8 Å². The molecular formula is C21H26N2O3. The fraction of sp³-hybridized carbons (Fsp3) is 0.333. The summed E-state index contributed by atoms with van der Waals surface area (Å²) in [6.45, 7) is 6.27. The minimum atomic E-state index is -0.0696. The first-order valence-electron chi connectivity index (χ1n) is 8.81. The molecule has 2 aromatic rings. The normalized spacial score (nSPS) is 10.5. The summed E-state index contributed by atoms with van der Waals surface area (Å²) in [6.07, 6.45) is 0.437. The van der Waals surface area contributed by atoms with Crippen molar-refractivity contribution in [1.82, 2.24) is 5.32 Å². The third kappa shape index (κ3) is 6.24. The van der Waals surface area contributed by atoms with Gasteiger partial charge in [0.05, 0.1) is 12.5 Å². The van der Waals surface area contributed by atoms with Gasteiger partial charge in [-0.05, 0) is 43.7 Å². The molecule has 0 heterocycles. The van der Waals surface area contributed by atoms with Crippen molar-refractivity contribution in [3.05, 3.63) is 60.2 Å². The van der Waals surface area contributed by atoms with Gasteiger partial charge in [-0.3, -0.25) is 9.59 Å². The van der Waals surface area contributed by atoms with Crippen LogP contribution < -0.4 is 15.0 Å². The summed E-state index contributed by atoms with van der Waals surface area (Å²) >= 11 is 0. The van der Waals surface area contributed by atoms with E-state index in [9.17, 15) is 9.59 Å². The Morgan fingerprint density at radius 2 is 1.69 bits per heavy atom. The summed E-state index contributed by atoms with van der Waals surface area (Å²) in [4.78, 5) is 25.6. The van der Waals surface area contributed by atoms with E-state index < -0.39 is 0 Å². The third-order valence-corrected chi connectivity index (χ3v) is 3.77. The Kier molecular flexibility index (Phi) is 7.21. The maximum Gasteiger partial charge on any atom is 0.224 e. The van der Waals surface area contributed by atoms with Crippen LogP contribution in [0, 0.1) is 0 Å². The zero-order valence-electron chi connectivity index (χ0n) is 15.6. The molecule has 26 heavy (non-hydrogen) atoms. The molecule has 0 aromatic heterocycles. The van der Waals surface area contributed by atoms with Crippen LogP contribution in [0.5, 0.6) is 5.75 Å². The van der Waals surface area contributed by atoms with Gasteiger partial charge in [0.25, 0.3) is 0 Å². The van der Waals surface area contributed by atoms with Gasteiger partial charge in [0, 0.05) is 25.7 Å². The number of amides is 2. The summed E-state index contributed by atoms with van der Waals surface area (Å²) in [5.74, 6) is 0.642. The predicted octanol–water partition coefficient (Wildman–Crippen LogP) is 3.19. The van der Waals surface area contributed by atoms with E-state index in [-0.39, 0.29) is 17.9 Å². The molecule has 0 aliphatic heterocycles. The second kappa shape index (κ2) is 9.61. The van der Waals surface area contributed by atoms with E-state index in [1.807, 2.05) is 68.4 Å². The number of carbonyl (C=O) groups is 2. The lowest BCUT2D eigenvalue weighted by atomic mass is 10.1. The maximum absolute atomic E-state index is 12.0. The molecule has 0 unspecified atom stereocenters. The molecule has 0 saturated heterocycles. The van der Waals surface area contributed by atoms with Crippen LogP contribution >= 0.6 is 0 Å². The van der Waals surface area contributed by atoms with Gasteiger partial charge in [-0.1, -0.05) is 30.3 Å². The summed E-state index contributed by atoms with van der Waals surface area (Å²) in [5, 5.41) is 2.87. The van der Waals surface area contributed by atoms with Gasteiger partial charge < -0.3 is 15.0 Å². The van der Waals surface area contributed by atoms with Crippen molar-refractivity contribution in [2.45, 2.75) is 33.3 Å². The van der Waals surface area contributed by atoms with Gasteiger partial charge in [-0.15, -0.1) is 0 Å². The van der Waals surface area contributed by atoms with Crippen LogP contribution in [0.25, 0.3) is 0 Å². The number of nitrogens with zero attached hydrogens (tertiary/aromatic N) is 1. The SMILES string of the molecule is CC(=O)N(CCNC(=O)Cc1ccccc1)c1ccc(OC(C)C)cc1. The number of carbonyl (C=O) groups excluding carboxylic acids is 2. The average Bonchev–Trinajstić information content (AvgIpc) is 2.60. The van der Waals surface area contributed by atoms with Crippen LogP contribution in [0.15, 0.2) is 54.6 Å². The molecule has 0 aliphatic rings. The fourth-order valence-electron chi connectivity index (χ4n) is 2.60. The molecule has 2 amide bonds. The van der Waals surface area contributed by atoms with E-state index in [2.05, 4.69) is 5.32 Å². The number of nitrogens with one attached hydrogen (secondary N) is 1. The smallest absolute Gasteiger partial charge is 0.224 e. The van der Waals surface area contributed by atoms with Crippen LogP contribution in [0.1, 0.15) is 26.3 Å². The molecule has 0 fully saturated rings. The lowest BCUT2D eigenvalue weighted by Gasteiger charge is -2.22. The lowest BCUT2D eigenvalue weighted by Crippen LogP contribution is -2.38. The molecule has 138 valence electrons. The predicted molar refractivity (Wildman–Crippen MR) is 103 cm³/mol. The highest BCUT2D eigenvalue weighted by molar-refractivity contribution is 5.91. The summed E-state index contributed by atoms with van der Waals surface area (Å²) < 4.78 is 5.62. The molecule has 0 radical (unpaired) electrons. The molecule has 0 aliphatic carbocycles. The molecule has 0 atom stereocenters. The van der Waals surface area contributed by atoms with Crippen molar-refractivity contribution < 1.29 is 14.3 Å². The fourth-order valence-corrected chi connectivity index (χ4v) is 2.60. The lowest BCUT2D eigenvalue weighted by molar-refractivity contribution is -0.121. The Labute approximate surface area is 155 Å². The van der Waals surface area contributed by atoms with Crippen LogP contribution in [0.4, 0.5) is 5.69 Å². The van der Waals surface area contributed by atoms with Gasteiger partial charge in [-0.2, -0.15) is 0 Å². The molecule has 2 rings (SSSR count). The minimum Gasteiger partial charge on any atom is -0.491 e. The minimum absolute atomic E-state index is 0.0552. The number of rotatable bonds is 8. The number of ether oxygens (including phenoxy) is 1. The van der Waals surface area contributed by atoms with E-state index in [0.29, 0.717) is 19.5 Å². The Bertz CT molecular complexity index is 712. The maximum atomic E-state index is 12.0. The molecular weight excluding hydrogens is 328 g/mol. The van der Waals surface area contributed by atoms with Gasteiger partial charge in [-0.25, -0.2) is 0 Å². The van der Waals surface area contributed by atoms with E-state index in [1.54, 1.807) is 4.90 Å². The van der Waals surface area contributed by atoms with Crippen molar-refractivity contribution >= 4 is 17.5 Å². The Hall–Kier alpha value is -2.82. The Morgan fingerprint density at radius 3 is 2.27 bits per heavy atom. The first-order valence-corrected chi connectivity index (χ1v) is 8.81. The number of anilines is 1. The van der Waals surface area contributed by atoms with Crippen LogP contribution in [-0.2, 0) is 16.0 Å². The molecule has 2 aromatic carbocycles. The van der Waals surface area contributed by atoms with Crippen molar-refractivity contribution in [3.8, 4) is 5.75 Å². The Balaban J connectivity index is 1.88. The van der Waals surface area contributed by atoms with Crippen molar-refractivity contribution in [2.24, 2.45) is 0 Å². The van der Waals surface area contributed by atoms with Crippen molar-refractivity contribution in [2.75, 3.05) is 18.0 Å². The van der Waals surface area contributed by atoms with E-state index >= 15 is 0 Å². The van der Waals surface area contributed by atoms with E-state index in [0.717, 1.165) is 17.0 Å². The van der Waals surface area contributed by atoms with Gasteiger partial charge in [0.15, 0.2) is 0 Å². The second-order valence-corrected chi connectivity index (χ2v) is 6.34. The largest absolute Gasteiger partial charge is 0.491 e. The zero-order chi connectivity index (χ0) is 18.9. The number of hydrogen-bond donors (Lipinski definition) is 1. The summed E-state index contributed by atoms with van der Waals surface area (Å²) in [5.41, 5.74) is 1.75. The summed E-state index contributed by atoms with van der Waals surface area (Å²) in [7, 11) is 0. The molecule has 0 spiro atoms. The van der Waals surface area contributed by atoms with Crippen LogP contribution in [0.2, 0.25) is 0 Å². The molecule has 1 N–H and O–H groups in total. The highest BCUT2D eigenvalue weighted by Gasteiger charge is 2.12. The van der Waals surface area contributed by atoms with Crippen LogP contribution in [0.3, 0.4) is 0 Å². The number of hydrogen-bond acceptors (Lipinski definition) is 3. The monoisotopic (exact) mass is 354 g/mol. The summed E-state index contributed by atoms with van der Waals surface area (Å²) in [6, 6.07) is 17.0. The first kappa shape index (κ1) is 19.5. The van der Waals surface area contributed by atoms with Crippen molar-refractivity contribution in [1.29, 1.82) is 0 Å². The highest BCUT2D eigenvalue weighted by Crippen LogP contribution is 2.20. The van der Waals surface area contributed by atoms with Crippen LogP contribution in [-0.4, -0.2) is 31.0 Å². The average molecular weight is 354 g/mol. The van der Waals surface area contributed by atoms with E-state index in [4.69, 9.17) is 4.74 Å². The quantitative estimate of drug-likeness (QED) is 0.792. The standard InChI is InChI=1S/C21H26N2O3/c1-16(2)26-20-11-9-19(10-12-20)23(17(3)24)14-13-22-21(25)15-18-7-5-4-6-8-18/h4-12,16H,13-15H2,1-3H3,(H,22,25). The first-order chi connectivity index (χ1) is 12.5. The van der Waals surface area contributed by atoms with Gasteiger partial charge in [0.1, 0.15) is 5.75 Å². The highest BCUT2D eigenvalue weighted by atomic mass is 16.5. The third-order valence-electron chi connectivity index (χ3n) is 3.77. The molecule has 5 nitrogen and oxygen atoms in total. The Morgan fingerprint density at radius 1 is 1.04 bits per heavy atom. The van der Waals surface area contributed by atoms with Crippen molar-refractivity contribution in [3.63, 3.8) is 0 Å². The topological polar surface area (TPSA) is 58.6 Å². The van der Waals surface area contributed by atoms with E-state index in [1.165, 1.54) is 6.92 Å². The zero-order valence-corrected chi connectivity index (χ0v) is 15.6. The van der Waals surface area contributed by atoms with Gasteiger partial charge >= 0.3 is 0 Å².